The minimum Gasteiger partial charge on any atom is -0.463 e. The minimum absolute atomic E-state index is 0.0481. The number of unbranched alkanes of at least 4 members (excludes halogenated alkanes) is 4. The molecule has 3 rings (SSSR count). The second-order valence-corrected chi connectivity index (χ2v) is 12.9. The van der Waals surface area contributed by atoms with Gasteiger partial charge in [-0.05, 0) is 35.1 Å². The topological polar surface area (TPSA) is 138 Å². The molecule has 0 atom stereocenters. The number of rotatable bonds is 36. The van der Waals surface area contributed by atoms with Crippen LogP contribution in [0.1, 0.15) is 68.9 Å². The molecule has 2 aromatic carbocycles. The first-order valence-corrected chi connectivity index (χ1v) is 20.1. The fraction of sp³-hybridized carbons (Fsp3) is 0.667. The summed E-state index contributed by atoms with van der Waals surface area (Å²) in [5.41, 5.74) is 4.80. The molecule has 2 aromatic rings. The predicted octanol–water partition coefficient (Wildman–Crippen LogP) is 5.95. The first-order chi connectivity index (χ1) is 27.2. The van der Waals surface area contributed by atoms with Gasteiger partial charge in [0.2, 0.25) is 0 Å². The van der Waals surface area contributed by atoms with Gasteiger partial charge in [-0.15, -0.1) is 0 Å². The van der Waals surface area contributed by atoms with Crippen molar-refractivity contribution < 1.29 is 57.0 Å². The third kappa shape index (κ3) is 21.7. The summed E-state index contributed by atoms with van der Waals surface area (Å²) in [4.78, 5) is 23.9. The van der Waals surface area contributed by atoms with Gasteiger partial charge in [0.25, 0.3) is 0 Å². The van der Waals surface area contributed by atoms with Crippen molar-refractivity contribution in [3.8, 4) is 11.1 Å². The first kappa shape index (κ1) is 46.2. The van der Waals surface area contributed by atoms with E-state index in [1.807, 2.05) is 24.3 Å². The van der Waals surface area contributed by atoms with Gasteiger partial charge < -0.3 is 52.7 Å². The van der Waals surface area contributed by atoms with E-state index < -0.39 is 6.09 Å². The third-order valence-electron chi connectivity index (χ3n) is 8.66. The van der Waals surface area contributed by atoms with E-state index in [9.17, 15) is 9.59 Å². The van der Waals surface area contributed by atoms with E-state index >= 15 is 0 Å². The van der Waals surface area contributed by atoms with Crippen LogP contribution in [0.15, 0.2) is 48.5 Å². The van der Waals surface area contributed by atoms with Crippen molar-refractivity contribution >= 4 is 12.1 Å². The number of hydrogen-bond acceptors (Lipinski definition) is 12. The Balaban J connectivity index is 0.953. The van der Waals surface area contributed by atoms with Crippen LogP contribution in [0.3, 0.4) is 0 Å². The SMILES string of the molecule is CCCCCCCC(=O)OCCOCCOCCOCCOCCOCCOCCOCCOCCCNC(=O)OCC1c2ccccc2-c2ccccc21. The lowest BCUT2D eigenvalue weighted by Crippen LogP contribution is -2.27. The summed E-state index contributed by atoms with van der Waals surface area (Å²) in [5, 5.41) is 2.80. The van der Waals surface area contributed by atoms with Crippen LogP contribution in [0.2, 0.25) is 0 Å². The van der Waals surface area contributed by atoms with Gasteiger partial charge in [0.15, 0.2) is 0 Å². The third-order valence-corrected chi connectivity index (χ3v) is 8.66. The molecule has 0 aromatic heterocycles. The van der Waals surface area contributed by atoms with E-state index in [0.29, 0.717) is 132 Å². The quantitative estimate of drug-likeness (QED) is 0.0647. The summed E-state index contributed by atoms with van der Waals surface area (Å²) in [5.74, 6) is -0.103. The van der Waals surface area contributed by atoms with Crippen molar-refractivity contribution in [2.75, 3.05) is 125 Å². The number of amides is 1. The predicted molar refractivity (Wildman–Crippen MR) is 209 cm³/mol. The standard InChI is InChI=1S/C42H65NO12/c1-2-3-4-5-6-16-41(44)54-34-33-53-32-31-52-30-29-51-28-27-50-26-25-49-24-23-48-22-21-47-20-19-46-18-11-17-43-42(45)55-35-40-38-14-9-7-12-36(38)37-13-8-10-15-39(37)40/h7-10,12-15,40H,2-6,11,16-35H2,1H3,(H,43,45). The number of nitrogens with one attached hydrogen (secondary N) is 1. The largest absolute Gasteiger partial charge is 0.463 e. The van der Waals surface area contributed by atoms with E-state index in [4.69, 9.17) is 47.4 Å². The fourth-order valence-electron chi connectivity index (χ4n) is 5.82. The van der Waals surface area contributed by atoms with Crippen molar-refractivity contribution in [1.29, 1.82) is 0 Å². The lowest BCUT2D eigenvalue weighted by Gasteiger charge is -2.14. The molecule has 310 valence electrons. The Bertz CT molecular complexity index is 1220. The number of ether oxygens (including phenoxy) is 10. The van der Waals surface area contributed by atoms with Crippen molar-refractivity contribution in [2.24, 2.45) is 0 Å². The van der Waals surface area contributed by atoms with Crippen LogP contribution in [0.4, 0.5) is 4.79 Å². The maximum Gasteiger partial charge on any atom is 0.407 e. The number of alkyl carbamates (subject to hydrolysis) is 1. The maximum absolute atomic E-state index is 12.3. The summed E-state index contributed by atoms with van der Waals surface area (Å²) < 4.78 is 54.7. The van der Waals surface area contributed by atoms with Gasteiger partial charge in [-0.1, -0.05) is 81.1 Å². The molecular formula is C42H65NO12. The van der Waals surface area contributed by atoms with Crippen molar-refractivity contribution in [3.63, 3.8) is 0 Å². The molecule has 0 aliphatic heterocycles. The summed E-state index contributed by atoms with van der Waals surface area (Å²) in [6.45, 7) is 10.8. The number of carbonyl (C=O) groups excluding carboxylic acids is 2. The highest BCUT2D eigenvalue weighted by atomic mass is 16.6. The molecule has 1 aliphatic rings. The fourth-order valence-corrected chi connectivity index (χ4v) is 5.82. The number of hydrogen-bond donors (Lipinski definition) is 1. The van der Waals surface area contributed by atoms with Crippen molar-refractivity contribution in [2.45, 2.75) is 57.8 Å². The lowest BCUT2D eigenvalue weighted by atomic mass is 9.98. The Hall–Kier alpha value is -3.14. The molecule has 0 fully saturated rings. The first-order valence-electron chi connectivity index (χ1n) is 20.1. The Morgan fingerprint density at radius 1 is 0.491 bits per heavy atom. The zero-order chi connectivity index (χ0) is 38.9. The number of fused-ring (bicyclic) bond motifs is 3. The molecule has 0 saturated heterocycles. The van der Waals surface area contributed by atoms with Crippen LogP contribution >= 0.6 is 0 Å². The lowest BCUT2D eigenvalue weighted by molar-refractivity contribution is -0.145. The molecule has 13 heteroatoms. The van der Waals surface area contributed by atoms with E-state index in [-0.39, 0.29) is 18.5 Å². The van der Waals surface area contributed by atoms with Gasteiger partial charge in [0, 0.05) is 25.5 Å². The maximum atomic E-state index is 12.3. The highest BCUT2D eigenvalue weighted by Crippen LogP contribution is 2.44. The van der Waals surface area contributed by atoms with Gasteiger partial charge in [0.05, 0.1) is 99.1 Å². The average Bonchev–Trinajstić information content (AvgIpc) is 3.52. The van der Waals surface area contributed by atoms with Crippen LogP contribution in [0.25, 0.3) is 11.1 Å². The highest BCUT2D eigenvalue weighted by molar-refractivity contribution is 5.79. The zero-order valence-corrected chi connectivity index (χ0v) is 33.0. The molecule has 55 heavy (non-hydrogen) atoms. The van der Waals surface area contributed by atoms with Crippen LogP contribution < -0.4 is 5.32 Å². The normalized spacial score (nSPS) is 12.1. The molecule has 0 spiro atoms. The van der Waals surface area contributed by atoms with Crippen LogP contribution in [0, 0.1) is 0 Å². The summed E-state index contributed by atoms with van der Waals surface area (Å²) >= 11 is 0. The molecule has 1 aliphatic carbocycles. The molecule has 0 saturated carbocycles. The monoisotopic (exact) mass is 775 g/mol. The highest BCUT2D eigenvalue weighted by Gasteiger charge is 2.28. The summed E-state index contributed by atoms with van der Waals surface area (Å²) in [6.07, 6.45) is 6.32. The second-order valence-electron chi connectivity index (χ2n) is 12.9. The van der Waals surface area contributed by atoms with Gasteiger partial charge in [-0.3, -0.25) is 4.79 Å². The Kier molecular flexibility index (Phi) is 26.9. The van der Waals surface area contributed by atoms with Crippen molar-refractivity contribution in [3.05, 3.63) is 59.7 Å². The van der Waals surface area contributed by atoms with E-state index in [1.54, 1.807) is 0 Å². The number of esters is 1. The molecule has 1 N–H and O–H groups in total. The molecular weight excluding hydrogens is 710 g/mol. The smallest absolute Gasteiger partial charge is 0.407 e. The van der Waals surface area contributed by atoms with E-state index in [1.165, 1.54) is 41.5 Å². The molecule has 1 amide bonds. The molecule has 0 radical (unpaired) electrons. The van der Waals surface area contributed by atoms with E-state index in [0.717, 1.165) is 12.8 Å². The van der Waals surface area contributed by atoms with Gasteiger partial charge in [-0.25, -0.2) is 4.79 Å². The Morgan fingerprint density at radius 3 is 1.38 bits per heavy atom. The zero-order valence-electron chi connectivity index (χ0n) is 33.0. The molecule has 0 unspecified atom stereocenters. The van der Waals surface area contributed by atoms with Crippen LogP contribution in [0.5, 0.6) is 0 Å². The Morgan fingerprint density at radius 2 is 0.909 bits per heavy atom. The number of benzene rings is 2. The Labute approximate surface area is 327 Å². The average molecular weight is 776 g/mol. The van der Waals surface area contributed by atoms with Crippen molar-refractivity contribution in [1.82, 2.24) is 5.32 Å². The molecule has 13 nitrogen and oxygen atoms in total. The second kappa shape index (κ2) is 32.0. The van der Waals surface area contributed by atoms with Gasteiger partial charge in [0.1, 0.15) is 13.2 Å². The summed E-state index contributed by atoms with van der Waals surface area (Å²) in [6, 6.07) is 16.6. The minimum atomic E-state index is -0.417. The van der Waals surface area contributed by atoms with Crippen LogP contribution in [-0.4, -0.2) is 138 Å². The molecule has 0 bridgehead atoms. The van der Waals surface area contributed by atoms with Crippen LogP contribution in [-0.2, 0) is 52.2 Å². The van der Waals surface area contributed by atoms with Gasteiger partial charge >= 0.3 is 12.1 Å². The van der Waals surface area contributed by atoms with Gasteiger partial charge in [-0.2, -0.15) is 0 Å². The molecule has 0 heterocycles. The summed E-state index contributed by atoms with van der Waals surface area (Å²) in [7, 11) is 0. The number of carbonyl (C=O) groups is 2. The van der Waals surface area contributed by atoms with E-state index in [2.05, 4.69) is 36.5 Å².